The van der Waals surface area contributed by atoms with E-state index in [1.165, 1.54) is 18.2 Å². The molecule has 0 heterocycles. The maximum absolute atomic E-state index is 12.5. The standard InChI is InChI=1S/C8H6ClFO2/c9-8(12)7(11)5-2-1-3-6(10)4-5/h1-4,7,11H/t7-/m0/s1. The molecule has 0 bridgehead atoms. The molecule has 0 aliphatic heterocycles. The molecule has 0 saturated carbocycles. The fourth-order valence-corrected chi connectivity index (χ4v) is 0.934. The van der Waals surface area contributed by atoms with Crippen LogP contribution in [0.1, 0.15) is 11.7 Å². The largest absolute Gasteiger partial charge is 0.379 e. The van der Waals surface area contributed by atoms with E-state index in [9.17, 15) is 9.18 Å². The van der Waals surface area contributed by atoms with E-state index in [2.05, 4.69) is 0 Å². The Morgan fingerprint density at radius 2 is 2.25 bits per heavy atom. The van der Waals surface area contributed by atoms with E-state index in [0.29, 0.717) is 0 Å². The zero-order valence-corrected chi connectivity index (χ0v) is 6.75. The number of halogens is 2. The summed E-state index contributed by atoms with van der Waals surface area (Å²) in [5.41, 5.74) is 0.162. The van der Waals surface area contributed by atoms with Gasteiger partial charge in [-0.1, -0.05) is 12.1 Å². The smallest absolute Gasteiger partial charge is 0.254 e. The SMILES string of the molecule is O=C(Cl)[C@@H](O)c1cccc(F)c1. The van der Waals surface area contributed by atoms with Crippen LogP contribution in [-0.4, -0.2) is 10.3 Å². The molecule has 0 unspecified atom stereocenters. The number of rotatable bonds is 2. The summed E-state index contributed by atoms with van der Waals surface area (Å²) in [4.78, 5) is 10.4. The van der Waals surface area contributed by atoms with Crippen LogP contribution in [0.2, 0.25) is 0 Å². The quantitative estimate of drug-likeness (QED) is 0.717. The lowest BCUT2D eigenvalue weighted by molar-refractivity contribution is -0.119. The monoisotopic (exact) mass is 188 g/mol. The molecule has 0 radical (unpaired) electrons. The van der Waals surface area contributed by atoms with Gasteiger partial charge in [0.05, 0.1) is 0 Å². The minimum absolute atomic E-state index is 0.162. The molecular formula is C8H6ClFO2. The lowest BCUT2D eigenvalue weighted by Crippen LogP contribution is -2.05. The molecule has 0 saturated heterocycles. The first-order valence-electron chi connectivity index (χ1n) is 3.24. The van der Waals surface area contributed by atoms with Crippen LogP contribution in [0.25, 0.3) is 0 Å². The van der Waals surface area contributed by atoms with Gasteiger partial charge in [0.2, 0.25) is 0 Å². The van der Waals surface area contributed by atoms with Crippen molar-refractivity contribution in [2.75, 3.05) is 0 Å². The molecule has 4 heteroatoms. The topological polar surface area (TPSA) is 37.3 Å². The summed E-state index contributed by atoms with van der Waals surface area (Å²) in [6.07, 6.45) is -1.44. The van der Waals surface area contributed by atoms with Crippen LogP contribution in [-0.2, 0) is 4.79 Å². The first-order valence-corrected chi connectivity index (χ1v) is 3.62. The summed E-state index contributed by atoms with van der Waals surface area (Å²) in [5.74, 6) is -0.510. The minimum atomic E-state index is -1.44. The third kappa shape index (κ3) is 2.03. The third-order valence-corrected chi connectivity index (χ3v) is 1.59. The summed E-state index contributed by atoms with van der Waals surface area (Å²) in [6, 6.07) is 5.10. The molecule has 1 rings (SSSR count). The van der Waals surface area contributed by atoms with Gasteiger partial charge in [-0.15, -0.1) is 0 Å². The maximum Gasteiger partial charge on any atom is 0.254 e. The van der Waals surface area contributed by atoms with Crippen molar-refractivity contribution >= 4 is 16.8 Å². The van der Waals surface area contributed by atoms with E-state index >= 15 is 0 Å². The summed E-state index contributed by atoms with van der Waals surface area (Å²) in [5, 5.41) is 8.16. The lowest BCUT2D eigenvalue weighted by atomic mass is 10.1. The van der Waals surface area contributed by atoms with Crippen LogP contribution in [0.3, 0.4) is 0 Å². The van der Waals surface area contributed by atoms with Crippen LogP contribution < -0.4 is 0 Å². The molecule has 0 spiro atoms. The summed E-state index contributed by atoms with van der Waals surface area (Å²) >= 11 is 5.00. The molecule has 0 aromatic heterocycles. The van der Waals surface area contributed by atoms with E-state index in [0.717, 1.165) is 6.07 Å². The normalized spacial score (nSPS) is 12.6. The first kappa shape index (κ1) is 9.16. The Hall–Kier alpha value is -0.930. The molecule has 2 nitrogen and oxygen atoms in total. The van der Waals surface area contributed by atoms with E-state index in [4.69, 9.17) is 16.7 Å². The number of aliphatic hydroxyl groups excluding tert-OH is 1. The zero-order chi connectivity index (χ0) is 9.14. The second-order valence-electron chi connectivity index (χ2n) is 2.26. The Bertz CT molecular complexity index is 301. The van der Waals surface area contributed by atoms with Crippen LogP contribution >= 0.6 is 11.6 Å². The van der Waals surface area contributed by atoms with Gasteiger partial charge >= 0.3 is 0 Å². The van der Waals surface area contributed by atoms with Crippen LogP contribution in [0.5, 0.6) is 0 Å². The van der Waals surface area contributed by atoms with Gasteiger partial charge in [0.25, 0.3) is 5.24 Å². The molecular weight excluding hydrogens is 183 g/mol. The molecule has 0 fully saturated rings. The number of aliphatic hydroxyl groups is 1. The van der Waals surface area contributed by atoms with Crippen molar-refractivity contribution in [1.82, 2.24) is 0 Å². The number of hydrogen-bond acceptors (Lipinski definition) is 2. The van der Waals surface area contributed by atoms with Crippen molar-refractivity contribution in [2.45, 2.75) is 6.10 Å². The lowest BCUT2D eigenvalue weighted by Gasteiger charge is -2.04. The van der Waals surface area contributed by atoms with Gasteiger partial charge < -0.3 is 5.11 Å². The van der Waals surface area contributed by atoms with E-state index in [1.807, 2.05) is 0 Å². The number of carbonyl (C=O) groups is 1. The highest BCUT2D eigenvalue weighted by atomic mass is 35.5. The predicted molar refractivity (Wildman–Crippen MR) is 42.2 cm³/mol. The Balaban J connectivity index is 2.95. The zero-order valence-electron chi connectivity index (χ0n) is 6.00. The predicted octanol–water partition coefficient (Wildman–Crippen LogP) is 1.62. The van der Waals surface area contributed by atoms with Gasteiger partial charge in [-0.3, -0.25) is 4.79 Å². The molecule has 0 amide bonds. The number of benzene rings is 1. The molecule has 12 heavy (non-hydrogen) atoms. The van der Waals surface area contributed by atoms with Crippen molar-refractivity contribution in [3.8, 4) is 0 Å². The van der Waals surface area contributed by atoms with E-state index in [-0.39, 0.29) is 5.56 Å². The van der Waals surface area contributed by atoms with Crippen molar-refractivity contribution in [3.05, 3.63) is 35.6 Å². The highest BCUT2D eigenvalue weighted by Gasteiger charge is 2.14. The molecule has 1 atom stereocenters. The fourth-order valence-electron chi connectivity index (χ4n) is 0.808. The summed E-state index contributed by atoms with van der Waals surface area (Å²) in [6.45, 7) is 0. The molecule has 1 aromatic rings. The van der Waals surface area contributed by atoms with E-state index in [1.54, 1.807) is 0 Å². The molecule has 1 aromatic carbocycles. The van der Waals surface area contributed by atoms with Crippen LogP contribution in [0, 0.1) is 5.82 Å². The Labute approximate surface area is 73.6 Å². The van der Waals surface area contributed by atoms with Crippen molar-refractivity contribution in [3.63, 3.8) is 0 Å². The molecule has 64 valence electrons. The van der Waals surface area contributed by atoms with Gasteiger partial charge in [-0.25, -0.2) is 4.39 Å². The van der Waals surface area contributed by atoms with Crippen molar-refractivity contribution < 1.29 is 14.3 Å². The van der Waals surface area contributed by atoms with Gasteiger partial charge in [0.1, 0.15) is 5.82 Å². The maximum atomic E-state index is 12.5. The second-order valence-corrected chi connectivity index (χ2v) is 2.63. The van der Waals surface area contributed by atoms with E-state index < -0.39 is 17.2 Å². The average Bonchev–Trinajstić information content (AvgIpc) is 2.03. The van der Waals surface area contributed by atoms with Gasteiger partial charge in [-0.05, 0) is 29.3 Å². The molecule has 1 N–H and O–H groups in total. The molecule has 0 aliphatic rings. The average molecular weight is 189 g/mol. The second kappa shape index (κ2) is 3.65. The Morgan fingerprint density at radius 1 is 1.58 bits per heavy atom. The third-order valence-electron chi connectivity index (χ3n) is 1.38. The molecule has 0 aliphatic carbocycles. The highest BCUT2D eigenvalue weighted by Crippen LogP contribution is 2.15. The van der Waals surface area contributed by atoms with Gasteiger partial charge in [0.15, 0.2) is 6.10 Å². The Morgan fingerprint density at radius 3 is 2.75 bits per heavy atom. The van der Waals surface area contributed by atoms with Gasteiger partial charge in [0, 0.05) is 0 Å². The first-order chi connectivity index (χ1) is 5.61. The van der Waals surface area contributed by atoms with Crippen LogP contribution in [0.15, 0.2) is 24.3 Å². The summed E-state index contributed by atoms with van der Waals surface area (Å²) < 4.78 is 12.5. The fraction of sp³-hybridized carbons (Fsp3) is 0.125. The van der Waals surface area contributed by atoms with Gasteiger partial charge in [-0.2, -0.15) is 0 Å². The number of carbonyl (C=O) groups excluding carboxylic acids is 1. The Kier molecular flexibility index (Phi) is 2.78. The summed E-state index contributed by atoms with van der Waals surface area (Å²) in [7, 11) is 0. The highest BCUT2D eigenvalue weighted by molar-refractivity contribution is 6.64. The van der Waals surface area contributed by atoms with Crippen LogP contribution in [0.4, 0.5) is 4.39 Å². The minimum Gasteiger partial charge on any atom is -0.379 e. The van der Waals surface area contributed by atoms with Crippen molar-refractivity contribution in [1.29, 1.82) is 0 Å². The number of hydrogen-bond donors (Lipinski definition) is 1. The van der Waals surface area contributed by atoms with Crippen molar-refractivity contribution in [2.24, 2.45) is 0 Å².